The molecule has 0 saturated heterocycles. The summed E-state index contributed by atoms with van der Waals surface area (Å²) in [5, 5.41) is 6.01. The van der Waals surface area contributed by atoms with Crippen molar-refractivity contribution in [2.24, 2.45) is 0 Å². The van der Waals surface area contributed by atoms with Crippen LogP contribution < -0.4 is 10.6 Å². The number of nitrogens with one attached hydrogen (secondary N) is 2. The number of furan rings is 1. The molecule has 0 saturated carbocycles. The van der Waals surface area contributed by atoms with Crippen LogP contribution in [0.25, 0.3) is 11.3 Å². The average molecular weight is 389 g/mol. The van der Waals surface area contributed by atoms with Gasteiger partial charge >= 0.3 is 0 Å². The minimum absolute atomic E-state index is 0.131. The summed E-state index contributed by atoms with van der Waals surface area (Å²) >= 11 is 12.2. The Kier molecular flexibility index (Phi) is 5.30. The molecular formula is C19H14Cl2N2O3. The Hall–Kier alpha value is -2.76. The van der Waals surface area contributed by atoms with Crippen LogP contribution in [0.2, 0.25) is 10.0 Å². The number of hydrogen-bond donors (Lipinski definition) is 2. The molecule has 0 radical (unpaired) electrons. The Morgan fingerprint density at radius 1 is 0.923 bits per heavy atom. The SMILES string of the molecule is CNC(=O)c1ccc(NC(=O)c2ccc(-c3cccc(Cl)c3Cl)o2)cc1. The lowest BCUT2D eigenvalue weighted by atomic mass is 10.2. The molecule has 0 fully saturated rings. The van der Waals surface area contributed by atoms with Crippen molar-refractivity contribution in [3.63, 3.8) is 0 Å². The van der Waals surface area contributed by atoms with E-state index in [0.29, 0.717) is 32.6 Å². The van der Waals surface area contributed by atoms with Gasteiger partial charge in [-0.3, -0.25) is 9.59 Å². The van der Waals surface area contributed by atoms with Crippen molar-refractivity contribution in [2.75, 3.05) is 12.4 Å². The lowest BCUT2D eigenvalue weighted by molar-refractivity contribution is 0.0962. The molecule has 132 valence electrons. The van der Waals surface area contributed by atoms with E-state index in [1.54, 1.807) is 61.6 Å². The van der Waals surface area contributed by atoms with Crippen LogP contribution in [0.4, 0.5) is 5.69 Å². The van der Waals surface area contributed by atoms with Crippen LogP contribution in [0.1, 0.15) is 20.9 Å². The minimum Gasteiger partial charge on any atom is -0.451 e. The molecule has 0 aliphatic rings. The maximum atomic E-state index is 12.3. The van der Waals surface area contributed by atoms with Crippen LogP contribution in [0, 0.1) is 0 Å². The fraction of sp³-hybridized carbons (Fsp3) is 0.0526. The van der Waals surface area contributed by atoms with Gasteiger partial charge in [0.15, 0.2) is 5.76 Å². The zero-order valence-corrected chi connectivity index (χ0v) is 15.2. The lowest BCUT2D eigenvalue weighted by Crippen LogP contribution is -2.17. The van der Waals surface area contributed by atoms with Gasteiger partial charge < -0.3 is 15.1 Å². The van der Waals surface area contributed by atoms with E-state index >= 15 is 0 Å². The van der Waals surface area contributed by atoms with Gasteiger partial charge in [0.05, 0.1) is 10.0 Å². The van der Waals surface area contributed by atoms with E-state index in [1.165, 1.54) is 0 Å². The van der Waals surface area contributed by atoms with Gasteiger partial charge in [-0.1, -0.05) is 29.3 Å². The van der Waals surface area contributed by atoms with E-state index < -0.39 is 5.91 Å². The zero-order chi connectivity index (χ0) is 18.7. The molecule has 0 spiro atoms. The molecular weight excluding hydrogens is 375 g/mol. The lowest BCUT2D eigenvalue weighted by Gasteiger charge is -2.05. The van der Waals surface area contributed by atoms with Gasteiger partial charge in [-0.15, -0.1) is 0 Å². The molecule has 3 rings (SSSR count). The van der Waals surface area contributed by atoms with Crippen LogP contribution in [-0.2, 0) is 0 Å². The molecule has 1 heterocycles. The molecule has 2 amide bonds. The molecule has 0 aliphatic heterocycles. The van der Waals surface area contributed by atoms with Crippen molar-refractivity contribution in [1.29, 1.82) is 0 Å². The van der Waals surface area contributed by atoms with Crippen molar-refractivity contribution in [2.45, 2.75) is 0 Å². The molecule has 0 aliphatic carbocycles. The second-order valence-electron chi connectivity index (χ2n) is 5.38. The van der Waals surface area contributed by atoms with E-state index in [2.05, 4.69) is 10.6 Å². The Labute approximate surface area is 159 Å². The minimum atomic E-state index is -0.415. The van der Waals surface area contributed by atoms with Crippen LogP contribution >= 0.6 is 23.2 Å². The smallest absolute Gasteiger partial charge is 0.291 e. The summed E-state index contributed by atoms with van der Waals surface area (Å²) in [6, 6.07) is 14.9. The third-order valence-corrected chi connectivity index (χ3v) is 4.50. The number of carbonyl (C=O) groups is 2. The molecule has 5 nitrogen and oxygen atoms in total. The molecule has 7 heteroatoms. The molecule has 1 aromatic heterocycles. The Morgan fingerprint density at radius 3 is 2.35 bits per heavy atom. The van der Waals surface area contributed by atoms with Crippen molar-refractivity contribution in [3.8, 4) is 11.3 Å². The van der Waals surface area contributed by atoms with E-state index in [4.69, 9.17) is 27.6 Å². The van der Waals surface area contributed by atoms with Gasteiger partial charge in [-0.25, -0.2) is 0 Å². The molecule has 0 atom stereocenters. The number of anilines is 1. The van der Waals surface area contributed by atoms with Gasteiger partial charge in [0.2, 0.25) is 0 Å². The normalized spacial score (nSPS) is 10.4. The summed E-state index contributed by atoms with van der Waals surface area (Å²) in [6.45, 7) is 0. The van der Waals surface area contributed by atoms with Crippen LogP contribution in [0.15, 0.2) is 59.0 Å². The number of benzene rings is 2. The highest BCUT2D eigenvalue weighted by molar-refractivity contribution is 6.43. The van der Waals surface area contributed by atoms with Gasteiger partial charge in [0.1, 0.15) is 5.76 Å². The number of halogens is 2. The summed E-state index contributed by atoms with van der Waals surface area (Å²) < 4.78 is 5.60. The topological polar surface area (TPSA) is 71.3 Å². The fourth-order valence-corrected chi connectivity index (χ4v) is 2.73. The van der Waals surface area contributed by atoms with Gasteiger partial charge in [-0.2, -0.15) is 0 Å². The van der Waals surface area contributed by atoms with Crippen molar-refractivity contribution >= 4 is 40.7 Å². The van der Waals surface area contributed by atoms with Gasteiger partial charge in [-0.05, 0) is 48.5 Å². The first-order valence-electron chi connectivity index (χ1n) is 7.67. The largest absolute Gasteiger partial charge is 0.451 e. The first-order chi connectivity index (χ1) is 12.5. The molecule has 26 heavy (non-hydrogen) atoms. The second-order valence-corrected chi connectivity index (χ2v) is 6.16. The Balaban J connectivity index is 1.76. The number of hydrogen-bond acceptors (Lipinski definition) is 3. The average Bonchev–Trinajstić information content (AvgIpc) is 3.14. The second kappa shape index (κ2) is 7.64. The zero-order valence-electron chi connectivity index (χ0n) is 13.7. The van der Waals surface area contributed by atoms with Gasteiger partial charge in [0.25, 0.3) is 11.8 Å². The number of amides is 2. The Morgan fingerprint density at radius 2 is 1.65 bits per heavy atom. The monoisotopic (exact) mass is 388 g/mol. The van der Waals surface area contributed by atoms with Crippen LogP contribution in [0.3, 0.4) is 0 Å². The van der Waals surface area contributed by atoms with Crippen LogP contribution in [-0.4, -0.2) is 18.9 Å². The van der Waals surface area contributed by atoms with Crippen molar-refractivity contribution < 1.29 is 14.0 Å². The van der Waals surface area contributed by atoms with Gasteiger partial charge in [0, 0.05) is 23.9 Å². The first-order valence-corrected chi connectivity index (χ1v) is 8.43. The molecule has 0 unspecified atom stereocenters. The van der Waals surface area contributed by atoms with Crippen LogP contribution in [0.5, 0.6) is 0 Å². The summed E-state index contributed by atoms with van der Waals surface area (Å²) in [5.41, 5.74) is 1.65. The third-order valence-electron chi connectivity index (χ3n) is 3.68. The molecule has 2 aromatic carbocycles. The maximum Gasteiger partial charge on any atom is 0.291 e. The Bertz CT molecular complexity index is 965. The highest BCUT2D eigenvalue weighted by Gasteiger charge is 2.15. The maximum absolute atomic E-state index is 12.3. The predicted octanol–water partition coefficient (Wildman–Crippen LogP) is 4.87. The number of rotatable bonds is 4. The predicted molar refractivity (Wildman–Crippen MR) is 102 cm³/mol. The molecule has 0 bridgehead atoms. The van der Waals surface area contributed by atoms with E-state index in [9.17, 15) is 9.59 Å². The van der Waals surface area contributed by atoms with E-state index in [1.807, 2.05) is 0 Å². The third kappa shape index (κ3) is 3.74. The summed E-state index contributed by atoms with van der Waals surface area (Å²) in [7, 11) is 1.55. The van der Waals surface area contributed by atoms with Crippen molar-refractivity contribution in [3.05, 3.63) is 76.0 Å². The summed E-state index contributed by atoms with van der Waals surface area (Å²) in [4.78, 5) is 23.9. The summed E-state index contributed by atoms with van der Waals surface area (Å²) in [5.74, 6) is -0.0388. The fourth-order valence-electron chi connectivity index (χ4n) is 2.34. The highest BCUT2D eigenvalue weighted by atomic mass is 35.5. The molecule has 3 aromatic rings. The molecule has 2 N–H and O–H groups in total. The van der Waals surface area contributed by atoms with E-state index in [0.717, 1.165) is 0 Å². The number of carbonyl (C=O) groups excluding carboxylic acids is 2. The quantitative estimate of drug-likeness (QED) is 0.669. The standard InChI is InChI=1S/C19H14Cl2N2O3/c1-22-18(24)11-5-7-12(8-6-11)23-19(25)16-10-9-15(26-16)13-3-2-4-14(20)17(13)21/h2-10H,1H3,(H,22,24)(H,23,25). The highest BCUT2D eigenvalue weighted by Crippen LogP contribution is 2.34. The summed E-state index contributed by atoms with van der Waals surface area (Å²) in [6.07, 6.45) is 0. The van der Waals surface area contributed by atoms with E-state index in [-0.39, 0.29) is 11.7 Å². The first kappa shape index (κ1) is 18.0. The van der Waals surface area contributed by atoms with Crippen molar-refractivity contribution in [1.82, 2.24) is 5.32 Å².